The van der Waals surface area contributed by atoms with E-state index in [1.165, 1.54) is 0 Å². The van der Waals surface area contributed by atoms with E-state index < -0.39 is 0 Å². The molecule has 0 aliphatic carbocycles. The summed E-state index contributed by atoms with van der Waals surface area (Å²) in [6.45, 7) is 0. The quantitative estimate of drug-likeness (QED) is 0.726. The van der Waals surface area contributed by atoms with Crippen LogP contribution in [0.3, 0.4) is 0 Å². The van der Waals surface area contributed by atoms with E-state index in [1.807, 2.05) is 54.6 Å². The summed E-state index contributed by atoms with van der Waals surface area (Å²) < 4.78 is 5.19. The van der Waals surface area contributed by atoms with Gasteiger partial charge < -0.3 is 10.1 Å². The van der Waals surface area contributed by atoms with Crippen molar-refractivity contribution in [3.05, 3.63) is 65.9 Å². The lowest BCUT2D eigenvalue weighted by Crippen LogP contribution is -2.03. The van der Waals surface area contributed by atoms with Crippen LogP contribution in [0.2, 0.25) is 0 Å². The summed E-state index contributed by atoms with van der Waals surface area (Å²) in [5.41, 5.74) is 5.09. The van der Waals surface area contributed by atoms with Gasteiger partial charge in [-0.05, 0) is 36.4 Å². The number of para-hydroxylation sites is 1. The molecule has 0 fully saturated rings. The summed E-state index contributed by atoms with van der Waals surface area (Å²) in [4.78, 5) is 12.3. The smallest absolute Gasteiger partial charge is 0.256 e. The van der Waals surface area contributed by atoms with Gasteiger partial charge in [-0.15, -0.1) is 0 Å². The van der Waals surface area contributed by atoms with Gasteiger partial charge in [0, 0.05) is 28.0 Å². The number of rotatable bonds is 3. The van der Waals surface area contributed by atoms with Crippen LogP contribution >= 0.6 is 0 Å². The highest BCUT2D eigenvalue weighted by molar-refractivity contribution is 6.35. The van der Waals surface area contributed by atoms with Gasteiger partial charge in [-0.25, -0.2) is 0 Å². The lowest BCUT2D eigenvalue weighted by atomic mass is 10.0. The zero-order valence-electron chi connectivity index (χ0n) is 13.0. The van der Waals surface area contributed by atoms with Crippen molar-refractivity contribution >= 4 is 23.2 Å². The van der Waals surface area contributed by atoms with Crippen molar-refractivity contribution in [1.82, 2.24) is 10.2 Å². The van der Waals surface area contributed by atoms with Crippen LogP contribution in [-0.4, -0.2) is 23.2 Å². The van der Waals surface area contributed by atoms with Gasteiger partial charge >= 0.3 is 0 Å². The van der Waals surface area contributed by atoms with E-state index in [0.717, 1.165) is 33.8 Å². The number of amides is 1. The Morgan fingerprint density at radius 2 is 1.88 bits per heavy atom. The van der Waals surface area contributed by atoms with Gasteiger partial charge in [0.25, 0.3) is 5.91 Å². The van der Waals surface area contributed by atoms with Crippen LogP contribution in [0.25, 0.3) is 22.9 Å². The number of anilines is 1. The molecule has 1 amide bonds. The van der Waals surface area contributed by atoms with Crippen molar-refractivity contribution in [3.8, 4) is 17.0 Å². The van der Waals surface area contributed by atoms with E-state index in [-0.39, 0.29) is 5.91 Å². The molecular weight excluding hydrogens is 302 g/mol. The number of carbonyl (C=O) groups excluding carboxylic acids is 1. The van der Waals surface area contributed by atoms with E-state index in [0.29, 0.717) is 5.57 Å². The van der Waals surface area contributed by atoms with Crippen LogP contribution in [0.1, 0.15) is 11.1 Å². The summed E-state index contributed by atoms with van der Waals surface area (Å²) in [5.74, 6) is 0.695. The highest BCUT2D eigenvalue weighted by Gasteiger charge is 2.24. The maximum Gasteiger partial charge on any atom is 0.256 e. The van der Waals surface area contributed by atoms with Gasteiger partial charge in [0.05, 0.1) is 19.0 Å². The molecule has 1 aliphatic rings. The molecule has 0 radical (unpaired) electrons. The number of H-pyrrole nitrogens is 1. The second-order valence-corrected chi connectivity index (χ2v) is 5.49. The molecule has 5 heteroatoms. The van der Waals surface area contributed by atoms with Gasteiger partial charge in [-0.2, -0.15) is 5.10 Å². The molecule has 0 bridgehead atoms. The zero-order valence-corrected chi connectivity index (χ0v) is 13.0. The van der Waals surface area contributed by atoms with Crippen molar-refractivity contribution in [3.63, 3.8) is 0 Å². The fourth-order valence-electron chi connectivity index (χ4n) is 2.83. The molecule has 1 aliphatic heterocycles. The predicted molar refractivity (Wildman–Crippen MR) is 93.5 cm³/mol. The van der Waals surface area contributed by atoms with Crippen molar-refractivity contribution < 1.29 is 9.53 Å². The zero-order chi connectivity index (χ0) is 16.5. The van der Waals surface area contributed by atoms with E-state index in [9.17, 15) is 4.79 Å². The molecule has 0 atom stereocenters. The lowest BCUT2D eigenvalue weighted by Gasteiger charge is -2.03. The van der Waals surface area contributed by atoms with E-state index in [4.69, 9.17) is 4.74 Å². The third kappa shape index (κ3) is 2.36. The number of nitrogens with zero attached hydrogens (tertiary/aromatic N) is 1. The molecule has 1 aromatic heterocycles. The number of aromatic amines is 1. The average molecular weight is 317 g/mol. The predicted octanol–water partition coefficient (Wildman–Crippen LogP) is 3.58. The number of hydrogen-bond acceptors (Lipinski definition) is 3. The first-order valence-electron chi connectivity index (χ1n) is 7.56. The standard InChI is InChI=1S/C19H15N3O2/c1-24-14-8-6-12(7-9-14)18-13(11-20-22-18)10-16-15-4-2-3-5-17(15)21-19(16)23/h2-11H,1H3,(H,20,22)(H,21,23)/b16-10-. The Hall–Kier alpha value is -3.34. The number of benzene rings is 2. The second-order valence-electron chi connectivity index (χ2n) is 5.49. The Kier molecular flexibility index (Phi) is 3.39. The first kappa shape index (κ1) is 14.3. The molecule has 0 spiro atoms. The normalized spacial score (nSPS) is 14.5. The fourth-order valence-corrected chi connectivity index (χ4v) is 2.83. The number of carbonyl (C=O) groups is 1. The SMILES string of the molecule is COc1ccc(-c2[nH]ncc2/C=C2\C(=O)Nc3ccccc32)cc1. The number of nitrogens with one attached hydrogen (secondary N) is 2. The Labute approximate surface area is 139 Å². The van der Waals surface area contributed by atoms with E-state index in [2.05, 4.69) is 15.5 Å². The summed E-state index contributed by atoms with van der Waals surface area (Å²) >= 11 is 0. The van der Waals surface area contributed by atoms with Crippen LogP contribution in [-0.2, 0) is 4.79 Å². The molecule has 2 N–H and O–H groups in total. The van der Waals surface area contributed by atoms with Gasteiger partial charge in [0.15, 0.2) is 0 Å². The largest absolute Gasteiger partial charge is 0.497 e. The molecule has 2 heterocycles. The minimum atomic E-state index is -0.0990. The number of hydrogen-bond donors (Lipinski definition) is 2. The highest BCUT2D eigenvalue weighted by Crippen LogP contribution is 2.34. The summed E-state index contributed by atoms with van der Waals surface area (Å²) in [7, 11) is 1.64. The van der Waals surface area contributed by atoms with Crippen LogP contribution in [0.15, 0.2) is 54.7 Å². The van der Waals surface area contributed by atoms with E-state index >= 15 is 0 Å². The summed E-state index contributed by atoms with van der Waals surface area (Å²) in [6, 6.07) is 15.4. The molecule has 5 nitrogen and oxygen atoms in total. The third-order valence-corrected chi connectivity index (χ3v) is 4.06. The minimum Gasteiger partial charge on any atom is -0.497 e. The minimum absolute atomic E-state index is 0.0990. The lowest BCUT2D eigenvalue weighted by molar-refractivity contribution is -0.110. The monoisotopic (exact) mass is 317 g/mol. The Bertz CT molecular complexity index is 939. The number of ether oxygens (including phenoxy) is 1. The Balaban J connectivity index is 1.76. The number of fused-ring (bicyclic) bond motifs is 1. The van der Waals surface area contributed by atoms with Gasteiger partial charge in [-0.3, -0.25) is 9.89 Å². The second kappa shape index (κ2) is 5.70. The molecule has 118 valence electrons. The molecule has 3 aromatic rings. The molecular formula is C19H15N3O2. The Morgan fingerprint density at radius 3 is 2.67 bits per heavy atom. The molecule has 24 heavy (non-hydrogen) atoms. The Morgan fingerprint density at radius 1 is 1.08 bits per heavy atom. The third-order valence-electron chi connectivity index (χ3n) is 4.06. The van der Waals surface area contributed by atoms with Crippen LogP contribution in [0.5, 0.6) is 5.75 Å². The van der Waals surface area contributed by atoms with Crippen LogP contribution in [0, 0.1) is 0 Å². The number of methoxy groups -OCH3 is 1. The van der Waals surface area contributed by atoms with Crippen LogP contribution in [0.4, 0.5) is 5.69 Å². The van der Waals surface area contributed by atoms with Crippen molar-refractivity contribution in [2.45, 2.75) is 0 Å². The maximum absolute atomic E-state index is 12.3. The van der Waals surface area contributed by atoms with Crippen molar-refractivity contribution in [1.29, 1.82) is 0 Å². The molecule has 0 unspecified atom stereocenters. The molecule has 0 saturated heterocycles. The van der Waals surface area contributed by atoms with Crippen LogP contribution < -0.4 is 10.1 Å². The summed E-state index contributed by atoms with van der Waals surface area (Å²) in [6.07, 6.45) is 3.59. The molecule has 0 saturated carbocycles. The van der Waals surface area contributed by atoms with Crippen molar-refractivity contribution in [2.75, 3.05) is 12.4 Å². The number of aromatic nitrogens is 2. The highest BCUT2D eigenvalue weighted by atomic mass is 16.5. The first-order valence-corrected chi connectivity index (χ1v) is 7.56. The van der Waals surface area contributed by atoms with Gasteiger partial charge in [-0.1, -0.05) is 18.2 Å². The van der Waals surface area contributed by atoms with E-state index in [1.54, 1.807) is 13.3 Å². The fraction of sp³-hybridized carbons (Fsp3) is 0.0526. The van der Waals surface area contributed by atoms with Crippen molar-refractivity contribution in [2.24, 2.45) is 0 Å². The molecule has 4 rings (SSSR count). The summed E-state index contributed by atoms with van der Waals surface area (Å²) in [5, 5.41) is 10.0. The molecule has 2 aromatic carbocycles. The van der Waals surface area contributed by atoms with Gasteiger partial charge in [0.2, 0.25) is 0 Å². The average Bonchev–Trinajstić information content (AvgIpc) is 3.20. The van der Waals surface area contributed by atoms with Gasteiger partial charge in [0.1, 0.15) is 5.75 Å². The first-order chi connectivity index (χ1) is 11.8. The maximum atomic E-state index is 12.3. The topological polar surface area (TPSA) is 67.0 Å².